The molecule has 0 unspecified atom stereocenters. The van der Waals surface area contributed by atoms with Crippen LogP contribution in [0.1, 0.15) is 78.7 Å². The molecule has 0 spiro atoms. The summed E-state index contributed by atoms with van der Waals surface area (Å²) in [6.45, 7) is 1.83. The molecule has 0 atom stereocenters. The summed E-state index contributed by atoms with van der Waals surface area (Å²) >= 11 is 5.94. The van der Waals surface area contributed by atoms with Crippen LogP contribution in [0.25, 0.3) is 5.69 Å². The van der Waals surface area contributed by atoms with Gasteiger partial charge in [0.05, 0.1) is 11.4 Å². The van der Waals surface area contributed by atoms with Crippen LogP contribution in [0.3, 0.4) is 0 Å². The zero-order valence-electron chi connectivity index (χ0n) is 29.9. The molecule has 1 aromatic heterocycles. The van der Waals surface area contributed by atoms with E-state index < -0.39 is 0 Å². The highest BCUT2D eigenvalue weighted by Crippen LogP contribution is 2.36. The Balaban J connectivity index is 0.000000221. The van der Waals surface area contributed by atoms with Gasteiger partial charge >= 0.3 is 0 Å². The lowest BCUT2D eigenvalue weighted by Gasteiger charge is -2.45. The van der Waals surface area contributed by atoms with Gasteiger partial charge in [0.2, 0.25) is 0 Å². The Hall–Kier alpha value is -3.56. The molecule has 1 heterocycles. The van der Waals surface area contributed by atoms with Crippen LogP contribution in [0.5, 0.6) is 0 Å². The molecule has 0 bridgehead atoms. The van der Waals surface area contributed by atoms with Gasteiger partial charge in [-0.05, 0) is 135 Å². The number of amides is 1. The fraction of sp³-hybridized carbons (Fsp3) is 0.475. The van der Waals surface area contributed by atoms with E-state index in [9.17, 15) is 4.79 Å². The van der Waals surface area contributed by atoms with E-state index in [0.717, 1.165) is 62.1 Å². The molecule has 3 aromatic carbocycles. The minimum atomic E-state index is -0.134. The maximum absolute atomic E-state index is 12.9. The molecule has 49 heavy (non-hydrogen) atoms. The average Bonchev–Trinajstić information content (AvgIpc) is 3.50. The van der Waals surface area contributed by atoms with Gasteiger partial charge in [-0.25, -0.2) is 0 Å². The van der Waals surface area contributed by atoms with Gasteiger partial charge in [0.25, 0.3) is 5.91 Å². The highest BCUT2D eigenvalue weighted by Gasteiger charge is 2.38. The summed E-state index contributed by atoms with van der Waals surface area (Å²) in [5, 5.41) is 12.9. The molecular weight excluding hydrogens is 630 g/mol. The van der Waals surface area contributed by atoms with Crippen LogP contribution in [0, 0.1) is 6.92 Å². The second-order valence-electron chi connectivity index (χ2n) is 14.5. The van der Waals surface area contributed by atoms with E-state index in [2.05, 4.69) is 96.0 Å². The van der Waals surface area contributed by atoms with Crippen molar-refractivity contribution in [1.29, 1.82) is 0 Å². The maximum Gasteiger partial charge on any atom is 0.273 e. The molecule has 3 N–H and O–H groups in total. The lowest BCUT2D eigenvalue weighted by molar-refractivity contribution is 0.0766. The molecule has 9 heteroatoms. The largest absolute Gasteiger partial charge is 0.348 e. The van der Waals surface area contributed by atoms with Crippen LogP contribution in [-0.2, 0) is 12.8 Å². The third-order valence-corrected chi connectivity index (χ3v) is 11.2. The number of aromatic nitrogens is 3. The lowest BCUT2D eigenvalue weighted by Crippen LogP contribution is -2.52. The first kappa shape index (κ1) is 36.7. The quantitative estimate of drug-likeness (QED) is 0.200. The van der Waals surface area contributed by atoms with Crippen molar-refractivity contribution in [3.05, 3.63) is 112 Å². The molecular formula is C40H54ClN7O. The number of rotatable bonds is 9. The number of benzene rings is 3. The van der Waals surface area contributed by atoms with E-state index in [0.29, 0.717) is 17.4 Å². The zero-order valence-corrected chi connectivity index (χ0v) is 30.7. The first-order valence-electron chi connectivity index (χ1n) is 17.7. The topological polar surface area (TPSA) is 92.3 Å². The maximum atomic E-state index is 12.9. The fourth-order valence-electron chi connectivity index (χ4n) is 7.52. The molecule has 262 valence electrons. The van der Waals surface area contributed by atoms with Crippen LogP contribution in [0.15, 0.2) is 84.9 Å². The van der Waals surface area contributed by atoms with Gasteiger partial charge in [0.15, 0.2) is 5.69 Å². The summed E-state index contributed by atoms with van der Waals surface area (Å²) < 4.78 is 0. The van der Waals surface area contributed by atoms with Crippen LogP contribution >= 0.6 is 11.6 Å². The van der Waals surface area contributed by atoms with Gasteiger partial charge in [-0.1, -0.05) is 72.3 Å². The number of hydrogen-bond donors (Lipinski definition) is 2. The molecule has 2 aliphatic rings. The third kappa shape index (κ3) is 9.37. The lowest BCUT2D eigenvalue weighted by atomic mass is 9.75. The number of carbonyl (C=O) groups excluding carboxylic acids is 1. The molecule has 0 saturated heterocycles. The molecule has 2 aliphatic carbocycles. The summed E-state index contributed by atoms with van der Waals surface area (Å²) in [5.41, 5.74) is 11.1. The minimum absolute atomic E-state index is 0.134. The number of nitrogens with zero attached hydrogens (tertiary/aromatic N) is 5. The Bertz CT molecular complexity index is 1610. The van der Waals surface area contributed by atoms with Crippen molar-refractivity contribution >= 4 is 17.5 Å². The Labute approximate surface area is 298 Å². The van der Waals surface area contributed by atoms with Crippen molar-refractivity contribution in [2.75, 3.05) is 28.2 Å². The van der Waals surface area contributed by atoms with Gasteiger partial charge in [0.1, 0.15) is 0 Å². The number of halogens is 1. The van der Waals surface area contributed by atoms with Gasteiger partial charge in [0, 0.05) is 28.2 Å². The summed E-state index contributed by atoms with van der Waals surface area (Å²) in [5.74, 6) is -0.134. The van der Waals surface area contributed by atoms with Crippen molar-refractivity contribution < 1.29 is 4.79 Å². The number of para-hydroxylation sites is 1. The van der Waals surface area contributed by atoms with E-state index in [4.69, 9.17) is 17.3 Å². The predicted octanol–water partition coefficient (Wildman–Crippen LogP) is 6.88. The first-order valence-corrected chi connectivity index (χ1v) is 18.1. The van der Waals surface area contributed by atoms with Gasteiger partial charge < -0.3 is 20.9 Å². The second kappa shape index (κ2) is 16.4. The SMILES string of the molecule is CN(C)C1(Cc2ccc(Cl)cc2)CCC(N)CC1.Cc1nn(-c2ccccc2)nc1C(=O)NC1CCC(Cc2ccccc2)(N(C)C)CC1. The van der Waals surface area contributed by atoms with Crippen molar-refractivity contribution in [2.45, 2.75) is 94.3 Å². The van der Waals surface area contributed by atoms with Crippen molar-refractivity contribution in [1.82, 2.24) is 30.1 Å². The number of hydrogen-bond acceptors (Lipinski definition) is 6. The number of aryl methyl sites for hydroxylation is 1. The van der Waals surface area contributed by atoms with E-state index in [1.54, 1.807) is 0 Å². The first-order chi connectivity index (χ1) is 23.5. The van der Waals surface area contributed by atoms with Gasteiger partial charge in [-0.2, -0.15) is 9.90 Å². The van der Waals surface area contributed by atoms with E-state index >= 15 is 0 Å². The number of likely N-dealkylation sites (N-methyl/N-ethyl adjacent to an activating group) is 2. The molecule has 0 aliphatic heterocycles. The van der Waals surface area contributed by atoms with Crippen molar-refractivity contribution in [2.24, 2.45) is 5.73 Å². The Morgan fingerprint density at radius 2 is 1.27 bits per heavy atom. The predicted molar refractivity (Wildman–Crippen MR) is 200 cm³/mol. The number of carbonyl (C=O) groups is 1. The fourth-order valence-corrected chi connectivity index (χ4v) is 7.64. The highest BCUT2D eigenvalue weighted by molar-refractivity contribution is 6.30. The molecule has 8 nitrogen and oxygen atoms in total. The van der Waals surface area contributed by atoms with Gasteiger partial charge in [-0.3, -0.25) is 4.79 Å². The molecule has 2 fully saturated rings. The molecule has 2 saturated carbocycles. The number of nitrogens with one attached hydrogen (secondary N) is 1. The summed E-state index contributed by atoms with van der Waals surface area (Å²) in [6.07, 6.45) is 10.8. The Morgan fingerprint density at radius 3 is 1.80 bits per heavy atom. The number of nitrogens with two attached hydrogens (primary N) is 1. The van der Waals surface area contributed by atoms with E-state index in [1.807, 2.05) is 49.4 Å². The smallest absolute Gasteiger partial charge is 0.273 e. The molecule has 4 aromatic rings. The monoisotopic (exact) mass is 683 g/mol. The summed E-state index contributed by atoms with van der Waals surface area (Å²) in [6, 6.07) is 29.2. The van der Waals surface area contributed by atoms with Crippen LogP contribution in [-0.4, -0.2) is 82.1 Å². The Kier molecular flexibility index (Phi) is 12.3. The van der Waals surface area contributed by atoms with Crippen LogP contribution in [0.4, 0.5) is 0 Å². The normalized spacial score (nSPS) is 23.9. The van der Waals surface area contributed by atoms with Crippen molar-refractivity contribution in [3.8, 4) is 5.69 Å². The van der Waals surface area contributed by atoms with Crippen LogP contribution in [0.2, 0.25) is 5.02 Å². The summed E-state index contributed by atoms with van der Waals surface area (Å²) in [7, 11) is 8.72. The standard InChI is InChI=1S/C25H31N5O.C15H23ClN2/c1-19-23(28-30(27-19)22-12-8-5-9-13-22)24(31)26-21-14-16-25(17-15-21,29(2)3)18-20-10-6-4-7-11-20;1-18(2)15(9-7-14(17)8-10-15)11-12-3-5-13(16)6-4-12/h4-13,21H,14-18H2,1-3H3,(H,26,31);3-6,14H,7-11,17H2,1-2H3. The molecule has 6 rings (SSSR count). The van der Waals surface area contributed by atoms with Gasteiger partial charge in [-0.15, -0.1) is 5.10 Å². The zero-order chi connectivity index (χ0) is 35.0. The van der Waals surface area contributed by atoms with E-state index in [1.165, 1.54) is 28.8 Å². The minimum Gasteiger partial charge on any atom is -0.348 e. The third-order valence-electron chi connectivity index (χ3n) is 10.9. The second-order valence-corrected chi connectivity index (χ2v) is 15.0. The molecule has 0 radical (unpaired) electrons. The Morgan fingerprint density at radius 1 is 0.776 bits per heavy atom. The summed E-state index contributed by atoms with van der Waals surface area (Å²) in [4.78, 5) is 19.2. The highest BCUT2D eigenvalue weighted by atomic mass is 35.5. The van der Waals surface area contributed by atoms with Crippen LogP contribution < -0.4 is 11.1 Å². The average molecular weight is 684 g/mol. The van der Waals surface area contributed by atoms with E-state index in [-0.39, 0.29) is 23.0 Å². The molecule has 1 amide bonds. The van der Waals surface area contributed by atoms with Crippen molar-refractivity contribution in [3.63, 3.8) is 0 Å².